The van der Waals surface area contributed by atoms with E-state index >= 15 is 0 Å². The van der Waals surface area contributed by atoms with Gasteiger partial charge in [-0.2, -0.15) is 0 Å². The van der Waals surface area contributed by atoms with Crippen molar-refractivity contribution in [2.45, 2.75) is 27.7 Å². The van der Waals surface area contributed by atoms with Crippen molar-refractivity contribution in [1.82, 2.24) is 10.6 Å². The molecule has 0 aromatic rings. The van der Waals surface area contributed by atoms with Gasteiger partial charge in [0.1, 0.15) is 0 Å². The third-order valence-electron chi connectivity index (χ3n) is 3.69. The molecule has 0 saturated carbocycles. The van der Waals surface area contributed by atoms with Crippen molar-refractivity contribution in [3.63, 3.8) is 0 Å². The zero-order valence-corrected chi connectivity index (χ0v) is 10.1. The molecule has 2 N–H and O–H groups in total. The van der Waals surface area contributed by atoms with Gasteiger partial charge in [0.2, 0.25) is 0 Å². The molecule has 0 bridgehead atoms. The Hall–Kier alpha value is -0.0800. The summed E-state index contributed by atoms with van der Waals surface area (Å²) in [5.74, 6) is 3.27. The quantitative estimate of drug-likeness (QED) is 0.703. The van der Waals surface area contributed by atoms with E-state index < -0.39 is 0 Å². The zero-order chi connectivity index (χ0) is 10.6. The van der Waals surface area contributed by atoms with Crippen molar-refractivity contribution in [3.05, 3.63) is 0 Å². The summed E-state index contributed by atoms with van der Waals surface area (Å²) in [5.41, 5.74) is 0. The van der Waals surface area contributed by atoms with Crippen LogP contribution in [0.25, 0.3) is 0 Å². The molecule has 3 atom stereocenters. The molecule has 0 amide bonds. The Kier molecular flexibility index (Phi) is 4.90. The summed E-state index contributed by atoms with van der Waals surface area (Å²) in [4.78, 5) is 0. The smallest absolute Gasteiger partial charge is 0.000523 e. The highest BCUT2D eigenvalue weighted by Crippen LogP contribution is 2.15. The fourth-order valence-electron chi connectivity index (χ4n) is 1.87. The molecule has 1 saturated heterocycles. The Morgan fingerprint density at radius 1 is 1.29 bits per heavy atom. The minimum Gasteiger partial charge on any atom is -0.316 e. The molecule has 1 unspecified atom stereocenters. The lowest BCUT2D eigenvalue weighted by Gasteiger charge is -2.19. The Morgan fingerprint density at radius 2 is 2.00 bits per heavy atom. The molecule has 1 rings (SSSR count). The van der Waals surface area contributed by atoms with E-state index in [1.165, 1.54) is 26.2 Å². The molecule has 2 nitrogen and oxygen atoms in total. The summed E-state index contributed by atoms with van der Waals surface area (Å²) in [6.07, 6.45) is 0. The van der Waals surface area contributed by atoms with Crippen LogP contribution in [0.1, 0.15) is 27.7 Å². The van der Waals surface area contributed by atoms with Crippen LogP contribution in [0.4, 0.5) is 0 Å². The van der Waals surface area contributed by atoms with Gasteiger partial charge in [0.25, 0.3) is 0 Å². The van der Waals surface area contributed by atoms with E-state index in [4.69, 9.17) is 0 Å². The highest BCUT2D eigenvalue weighted by molar-refractivity contribution is 4.79. The van der Waals surface area contributed by atoms with Crippen molar-refractivity contribution in [2.24, 2.45) is 23.7 Å². The van der Waals surface area contributed by atoms with Gasteiger partial charge in [-0.3, -0.25) is 0 Å². The van der Waals surface area contributed by atoms with Crippen LogP contribution in [0.15, 0.2) is 0 Å². The van der Waals surface area contributed by atoms with E-state index in [1.807, 2.05) is 0 Å². The van der Waals surface area contributed by atoms with Crippen molar-refractivity contribution < 1.29 is 0 Å². The summed E-state index contributed by atoms with van der Waals surface area (Å²) in [6, 6.07) is 0. The van der Waals surface area contributed by atoms with Gasteiger partial charge in [0.05, 0.1) is 0 Å². The second kappa shape index (κ2) is 5.72. The molecule has 0 spiro atoms. The predicted molar refractivity (Wildman–Crippen MR) is 62.4 cm³/mol. The highest BCUT2D eigenvalue weighted by Gasteiger charge is 2.22. The second-order valence-corrected chi connectivity index (χ2v) is 5.28. The van der Waals surface area contributed by atoms with Gasteiger partial charge >= 0.3 is 0 Å². The van der Waals surface area contributed by atoms with Gasteiger partial charge < -0.3 is 10.6 Å². The minimum absolute atomic E-state index is 0.791. The maximum Gasteiger partial charge on any atom is -0.000523 e. The van der Waals surface area contributed by atoms with E-state index in [0.717, 1.165) is 23.7 Å². The van der Waals surface area contributed by atoms with Crippen molar-refractivity contribution >= 4 is 0 Å². The molecule has 1 fully saturated rings. The number of nitrogens with one attached hydrogen (secondary N) is 2. The van der Waals surface area contributed by atoms with Crippen LogP contribution < -0.4 is 10.6 Å². The molecule has 84 valence electrons. The van der Waals surface area contributed by atoms with Gasteiger partial charge in [-0.25, -0.2) is 0 Å². The molecule has 1 aliphatic heterocycles. The molecule has 0 aliphatic carbocycles. The molecule has 1 aliphatic rings. The predicted octanol–water partition coefficient (Wildman–Crippen LogP) is 1.72. The molecule has 0 radical (unpaired) electrons. The second-order valence-electron chi connectivity index (χ2n) is 5.28. The molecular weight excluding hydrogens is 172 g/mol. The lowest BCUT2D eigenvalue weighted by atomic mass is 9.96. The Balaban J connectivity index is 2.09. The van der Waals surface area contributed by atoms with E-state index in [-0.39, 0.29) is 0 Å². The van der Waals surface area contributed by atoms with E-state index in [9.17, 15) is 0 Å². The first-order chi connectivity index (χ1) is 6.61. The van der Waals surface area contributed by atoms with E-state index in [1.54, 1.807) is 0 Å². The monoisotopic (exact) mass is 198 g/mol. The van der Waals surface area contributed by atoms with Gasteiger partial charge in [-0.15, -0.1) is 0 Å². The zero-order valence-electron chi connectivity index (χ0n) is 10.1. The summed E-state index contributed by atoms with van der Waals surface area (Å²) >= 11 is 0. The maximum atomic E-state index is 3.60. The highest BCUT2D eigenvalue weighted by atomic mass is 14.9. The first-order valence-corrected chi connectivity index (χ1v) is 6.02. The van der Waals surface area contributed by atoms with Crippen LogP contribution >= 0.6 is 0 Å². The largest absolute Gasteiger partial charge is 0.316 e. The Morgan fingerprint density at radius 3 is 2.50 bits per heavy atom. The first kappa shape index (κ1) is 12.0. The van der Waals surface area contributed by atoms with Crippen LogP contribution in [0.3, 0.4) is 0 Å². The van der Waals surface area contributed by atoms with Crippen LogP contribution in [0, 0.1) is 23.7 Å². The number of rotatable bonds is 5. The third kappa shape index (κ3) is 3.58. The van der Waals surface area contributed by atoms with Crippen LogP contribution in [0.2, 0.25) is 0 Å². The van der Waals surface area contributed by atoms with Gasteiger partial charge in [-0.05, 0) is 49.9 Å². The standard InChI is InChI=1S/C12H26N2/c1-9(2)10(3)5-13-7-12-8-14-6-11(12)4/h9-14H,5-8H2,1-4H3/t10?,11-,12-/m1/s1. The molecular formula is C12H26N2. The molecule has 0 aromatic heterocycles. The van der Waals surface area contributed by atoms with Crippen LogP contribution in [-0.2, 0) is 0 Å². The fraction of sp³-hybridized carbons (Fsp3) is 1.00. The van der Waals surface area contributed by atoms with Crippen LogP contribution in [0.5, 0.6) is 0 Å². The average molecular weight is 198 g/mol. The summed E-state index contributed by atoms with van der Waals surface area (Å²) < 4.78 is 0. The van der Waals surface area contributed by atoms with Gasteiger partial charge in [0.15, 0.2) is 0 Å². The average Bonchev–Trinajstić information content (AvgIpc) is 2.51. The van der Waals surface area contributed by atoms with Crippen LogP contribution in [-0.4, -0.2) is 26.2 Å². The van der Waals surface area contributed by atoms with Gasteiger partial charge in [0, 0.05) is 0 Å². The Labute approximate surface area is 88.8 Å². The van der Waals surface area contributed by atoms with Crippen molar-refractivity contribution in [2.75, 3.05) is 26.2 Å². The maximum absolute atomic E-state index is 3.60. The summed E-state index contributed by atoms with van der Waals surface area (Å²) in [6.45, 7) is 14.0. The molecule has 0 aromatic carbocycles. The molecule has 2 heteroatoms. The topological polar surface area (TPSA) is 24.1 Å². The summed E-state index contributed by atoms with van der Waals surface area (Å²) in [7, 11) is 0. The minimum atomic E-state index is 0.791. The lowest BCUT2D eigenvalue weighted by Crippen LogP contribution is -2.31. The normalized spacial score (nSPS) is 29.8. The van der Waals surface area contributed by atoms with E-state index in [0.29, 0.717) is 0 Å². The molecule has 14 heavy (non-hydrogen) atoms. The summed E-state index contributed by atoms with van der Waals surface area (Å²) in [5, 5.41) is 7.04. The SMILES string of the molecule is CC(C)C(C)CNC[C@@H]1CNC[C@H]1C. The lowest BCUT2D eigenvalue weighted by molar-refractivity contribution is 0.358. The number of hydrogen-bond donors (Lipinski definition) is 2. The number of hydrogen-bond acceptors (Lipinski definition) is 2. The van der Waals surface area contributed by atoms with Gasteiger partial charge in [-0.1, -0.05) is 27.7 Å². The molecule has 1 heterocycles. The Bertz CT molecular complexity index is 156. The van der Waals surface area contributed by atoms with Crippen molar-refractivity contribution in [1.29, 1.82) is 0 Å². The van der Waals surface area contributed by atoms with E-state index in [2.05, 4.69) is 38.3 Å². The van der Waals surface area contributed by atoms with Crippen molar-refractivity contribution in [3.8, 4) is 0 Å². The first-order valence-electron chi connectivity index (χ1n) is 6.02. The fourth-order valence-corrected chi connectivity index (χ4v) is 1.87. The third-order valence-corrected chi connectivity index (χ3v) is 3.69.